The van der Waals surface area contributed by atoms with Crippen LogP contribution in [0.3, 0.4) is 0 Å². The standard InChI is InChI=1S/C38H38FN5O8/c1-3-38(50)25-13-29-35-23(16-44(29)36(48)24(25)17-52-37(38)49)34-27(11-10-22-20(2)26(39)14-28(43-35)33(22)34)42-32(47)18-51-19-41-31(46)15-40-30(45)12-9-21-7-5-4-6-8-21/h4-8,13-14,27,50H,3,9-12,15-19H2,1-2H3,(H,40,45)(H,41,46)(H,42,47)/t27-,38-/m0/s1. The van der Waals surface area contributed by atoms with Crippen molar-refractivity contribution in [3.63, 3.8) is 0 Å². The van der Waals surface area contributed by atoms with Crippen LogP contribution in [0.4, 0.5) is 4.39 Å². The Balaban J connectivity index is 1.06. The number of rotatable bonds is 11. The topological polar surface area (TPSA) is 178 Å². The number of nitrogens with zero attached hydrogens (tertiary/aromatic N) is 2. The molecule has 2 aliphatic heterocycles. The number of fused-ring (bicyclic) bond motifs is 5. The first kappa shape index (κ1) is 35.0. The van der Waals surface area contributed by atoms with E-state index in [0.717, 1.165) is 11.1 Å². The smallest absolute Gasteiger partial charge is 0.343 e. The van der Waals surface area contributed by atoms with Gasteiger partial charge in [-0.25, -0.2) is 14.2 Å². The molecular formula is C38H38FN5O8. The molecule has 0 spiro atoms. The lowest BCUT2D eigenvalue weighted by atomic mass is 9.81. The summed E-state index contributed by atoms with van der Waals surface area (Å²) in [5.74, 6) is -2.45. The third kappa shape index (κ3) is 6.21. The lowest BCUT2D eigenvalue weighted by Crippen LogP contribution is -2.44. The first-order valence-corrected chi connectivity index (χ1v) is 17.3. The zero-order valence-corrected chi connectivity index (χ0v) is 28.8. The molecule has 3 aliphatic rings. The van der Waals surface area contributed by atoms with Gasteiger partial charge >= 0.3 is 5.97 Å². The van der Waals surface area contributed by atoms with Crippen molar-refractivity contribution >= 4 is 34.6 Å². The van der Waals surface area contributed by atoms with Crippen molar-refractivity contribution < 1.29 is 38.1 Å². The molecule has 0 bridgehead atoms. The van der Waals surface area contributed by atoms with Crippen LogP contribution in [0.5, 0.6) is 0 Å². The first-order chi connectivity index (χ1) is 25.0. The fraction of sp³-hybridized carbons (Fsp3) is 0.368. The van der Waals surface area contributed by atoms with Crippen LogP contribution in [0.25, 0.3) is 22.3 Å². The van der Waals surface area contributed by atoms with Crippen LogP contribution < -0.4 is 21.5 Å². The van der Waals surface area contributed by atoms with Crippen LogP contribution in [-0.2, 0) is 60.2 Å². The second kappa shape index (κ2) is 13.9. The molecular weight excluding hydrogens is 673 g/mol. The quantitative estimate of drug-likeness (QED) is 0.0911. The van der Waals surface area contributed by atoms with E-state index in [9.17, 15) is 29.1 Å². The van der Waals surface area contributed by atoms with Crippen molar-refractivity contribution in [2.75, 3.05) is 19.9 Å². The van der Waals surface area contributed by atoms with Gasteiger partial charge in [0.25, 0.3) is 5.56 Å². The van der Waals surface area contributed by atoms with E-state index in [1.807, 2.05) is 30.3 Å². The number of aryl methyl sites for hydroxylation is 2. The van der Waals surface area contributed by atoms with E-state index in [1.165, 1.54) is 10.6 Å². The van der Waals surface area contributed by atoms with Crippen molar-refractivity contribution in [1.29, 1.82) is 0 Å². The average molecular weight is 712 g/mol. The van der Waals surface area contributed by atoms with Crippen LogP contribution >= 0.6 is 0 Å². The van der Waals surface area contributed by atoms with E-state index in [2.05, 4.69) is 16.0 Å². The van der Waals surface area contributed by atoms with Gasteiger partial charge in [0.05, 0.1) is 41.6 Å². The molecule has 0 unspecified atom stereocenters. The van der Waals surface area contributed by atoms with Crippen molar-refractivity contribution in [2.45, 2.75) is 70.7 Å². The molecule has 3 amide bonds. The number of aliphatic hydroxyl groups is 1. The first-order valence-electron chi connectivity index (χ1n) is 17.3. The van der Waals surface area contributed by atoms with Crippen molar-refractivity contribution in [2.24, 2.45) is 0 Å². The maximum Gasteiger partial charge on any atom is 0.343 e. The number of hydrogen-bond donors (Lipinski definition) is 4. The summed E-state index contributed by atoms with van der Waals surface area (Å²) < 4.78 is 27.3. The Labute approximate surface area is 297 Å². The minimum atomic E-state index is -2.00. The minimum absolute atomic E-state index is 0.00948. The summed E-state index contributed by atoms with van der Waals surface area (Å²) in [6, 6.07) is 11.9. The molecule has 2 atom stereocenters. The van der Waals surface area contributed by atoms with Gasteiger partial charge in [-0.3, -0.25) is 19.2 Å². The van der Waals surface area contributed by atoms with Crippen LogP contribution in [0, 0.1) is 12.7 Å². The van der Waals surface area contributed by atoms with Crippen LogP contribution in [0.1, 0.15) is 71.2 Å². The molecule has 4 aromatic rings. The van der Waals surface area contributed by atoms with Crippen LogP contribution in [0.2, 0.25) is 0 Å². The number of benzene rings is 2. The minimum Gasteiger partial charge on any atom is -0.458 e. The van der Waals surface area contributed by atoms with Gasteiger partial charge in [0.15, 0.2) is 5.60 Å². The van der Waals surface area contributed by atoms with Gasteiger partial charge < -0.3 is 35.1 Å². The number of esters is 1. The molecule has 270 valence electrons. The van der Waals surface area contributed by atoms with Gasteiger partial charge in [-0.2, -0.15) is 0 Å². The number of cyclic esters (lactones) is 1. The number of amides is 3. The van der Waals surface area contributed by atoms with Crippen molar-refractivity contribution in [3.8, 4) is 11.4 Å². The average Bonchev–Trinajstić information content (AvgIpc) is 3.51. The molecule has 1 aliphatic carbocycles. The second-order valence-corrected chi connectivity index (χ2v) is 13.3. The predicted octanol–water partition coefficient (Wildman–Crippen LogP) is 2.47. The van der Waals surface area contributed by atoms with E-state index < -0.39 is 40.8 Å². The monoisotopic (exact) mass is 711 g/mol. The number of pyridine rings is 2. The molecule has 14 heteroatoms. The van der Waals surface area contributed by atoms with Crippen molar-refractivity contribution in [1.82, 2.24) is 25.5 Å². The Kier molecular flexibility index (Phi) is 9.36. The lowest BCUT2D eigenvalue weighted by Gasteiger charge is -2.31. The maximum absolute atomic E-state index is 15.2. The Morgan fingerprint density at radius 1 is 1.08 bits per heavy atom. The molecule has 13 nitrogen and oxygen atoms in total. The Hall–Kier alpha value is -5.47. The Morgan fingerprint density at radius 3 is 2.63 bits per heavy atom. The van der Waals surface area contributed by atoms with E-state index in [-0.39, 0.29) is 62.9 Å². The van der Waals surface area contributed by atoms with E-state index in [0.29, 0.717) is 58.2 Å². The molecule has 52 heavy (non-hydrogen) atoms. The summed E-state index contributed by atoms with van der Waals surface area (Å²) >= 11 is 0. The van der Waals surface area contributed by atoms with E-state index in [1.54, 1.807) is 19.9 Å². The van der Waals surface area contributed by atoms with Gasteiger partial charge in [-0.15, -0.1) is 0 Å². The molecule has 0 fully saturated rings. The van der Waals surface area contributed by atoms with Gasteiger partial charge in [-0.1, -0.05) is 37.3 Å². The molecule has 4 heterocycles. The van der Waals surface area contributed by atoms with Gasteiger partial charge in [0.2, 0.25) is 17.7 Å². The number of carbonyl (C=O) groups excluding carboxylic acids is 4. The number of carbonyl (C=O) groups is 4. The number of aromatic nitrogens is 2. The Morgan fingerprint density at radius 2 is 1.87 bits per heavy atom. The SMILES string of the molecule is CC[C@@]1(O)C(=O)OCc2c1cc1n(c2=O)Cc2c-1nc1cc(F)c(C)c3c1c2[C@@H](NC(=O)COCNC(=O)CNC(=O)CCc1ccccc1)CC3. The predicted molar refractivity (Wildman–Crippen MR) is 185 cm³/mol. The summed E-state index contributed by atoms with van der Waals surface area (Å²) in [5.41, 5.74) is 2.74. The molecule has 7 rings (SSSR count). The number of ether oxygens (including phenoxy) is 2. The van der Waals surface area contributed by atoms with Gasteiger partial charge in [0, 0.05) is 29.0 Å². The number of nitrogens with one attached hydrogen (secondary N) is 3. The van der Waals surface area contributed by atoms with E-state index in [4.69, 9.17) is 14.5 Å². The zero-order chi connectivity index (χ0) is 36.7. The number of halogens is 1. The molecule has 2 aromatic carbocycles. The van der Waals surface area contributed by atoms with Gasteiger partial charge in [-0.05, 0) is 60.9 Å². The molecule has 0 saturated carbocycles. The summed E-state index contributed by atoms with van der Waals surface area (Å²) in [6.07, 6.45) is 1.69. The summed E-state index contributed by atoms with van der Waals surface area (Å²) in [5, 5.41) is 20.1. The van der Waals surface area contributed by atoms with Crippen molar-refractivity contribution in [3.05, 3.63) is 97.6 Å². The summed E-state index contributed by atoms with van der Waals surface area (Å²) in [4.78, 5) is 68.8. The highest BCUT2D eigenvalue weighted by Gasteiger charge is 2.46. The summed E-state index contributed by atoms with van der Waals surface area (Å²) in [6.45, 7) is 2.30. The Bertz CT molecular complexity index is 2200. The zero-order valence-electron chi connectivity index (χ0n) is 28.8. The summed E-state index contributed by atoms with van der Waals surface area (Å²) in [7, 11) is 0. The lowest BCUT2D eigenvalue weighted by molar-refractivity contribution is -0.172. The second-order valence-electron chi connectivity index (χ2n) is 13.3. The molecule has 2 aromatic heterocycles. The normalized spacial score (nSPS) is 18.2. The van der Waals surface area contributed by atoms with Crippen LogP contribution in [0.15, 0.2) is 47.3 Å². The maximum atomic E-state index is 15.2. The third-order valence-corrected chi connectivity index (χ3v) is 10.2. The largest absolute Gasteiger partial charge is 0.458 e. The highest BCUT2D eigenvalue weighted by molar-refractivity contribution is 5.94. The molecule has 4 N–H and O–H groups in total. The fourth-order valence-electron chi connectivity index (χ4n) is 7.44. The fourth-order valence-corrected chi connectivity index (χ4v) is 7.44. The highest BCUT2D eigenvalue weighted by atomic mass is 19.1. The highest BCUT2D eigenvalue weighted by Crippen LogP contribution is 2.45. The molecule has 0 radical (unpaired) electrons. The van der Waals surface area contributed by atoms with E-state index >= 15 is 4.39 Å². The van der Waals surface area contributed by atoms with Crippen LogP contribution in [-0.4, -0.2) is 58.2 Å². The van der Waals surface area contributed by atoms with Gasteiger partial charge in [0.1, 0.15) is 25.8 Å². The third-order valence-electron chi connectivity index (χ3n) is 10.2. The number of hydrogen-bond acceptors (Lipinski definition) is 9. The molecule has 0 saturated heterocycles.